The number of hydrogen-bond donors (Lipinski definition) is 1. The van der Waals surface area contributed by atoms with E-state index in [0.29, 0.717) is 35.4 Å². The molecule has 1 aliphatic rings. The van der Waals surface area contributed by atoms with Crippen LogP contribution in [0, 0.1) is 6.92 Å². The van der Waals surface area contributed by atoms with Gasteiger partial charge in [0.25, 0.3) is 5.91 Å². The second-order valence-electron chi connectivity index (χ2n) is 7.67. The van der Waals surface area contributed by atoms with Gasteiger partial charge in [-0.25, -0.2) is 0 Å². The zero-order chi connectivity index (χ0) is 21.8. The summed E-state index contributed by atoms with van der Waals surface area (Å²) in [6.45, 7) is 3.12. The average molecular weight is 439 g/mol. The van der Waals surface area contributed by atoms with Crippen molar-refractivity contribution in [3.05, 3.63) is 70.6 Å². The molecule has 1 N–H and O–H groups in total. The number of aromatic nitrogens is 2. The van der Waals surface area contributed by atoms with E-state index in [4.69, 9.17) is 16.1 Å². The van der Waals surface area contributed by atoms with Crippen LogP contribution in [0.25, 0.3) is 11.4 Å². The number of benzene rings is 2. The first-order valence-corrected chi connectivity index (χ1v) is 10.6. The molecule has 2 amide bonds. The summed E-state index contributed by atoms with van der Waals surface area (Å²) in [7, 11) is 0. The summed E-state index contributed by atoms with van der Waals surface area (Å²) < 4.78 is 5.47. The summed E-state index contributed by atoms with van der Waals surface area (Å²) in [5.74, 6) is 0.892. The Morgan fingerprint density at radius 3 is 2.45 bits per heavy atom. The van der Waals surface area contributed by atoms with Gasteiger partial charge in [-0.15, -0.1) is 0 Å². The lowest BCUT2D eigenvalue weighted by Gasteiger charge is -2.30. The summed E-state index contributed by atoms with van der Waals surface area (Å²) in [4.78, 5) is 31.0. The number of hydrogen-bond acceptors (Lipinski definition) is 5. The van der Waals surface area contributed by atoms with Crippen LogP contribution in [0.2, 0.25) is 5.02 Å². The summed E-state index contributed by atoms with van der Waals surface area (Å²) in [6.07, 6.45) is 1.47. The highest BCUT2D eigenvalue weighted by atomic mass is 35.5. The highest BCUT2D eigenvalue weighted by Crippen LogP contribution is 2.28. The number of nitrogens with one attached hydrogen (secondary N) is 1. The monoisotopic (exact) mass is 438 g/mol. The van der Waals surface area contributed by atoms with Crippen molar-refractivity contribution >= 4 is 23.4 Å². The van der Waals surface area contributed by atoms with Gasteiger partial charge in [0.15, 0.2) is 0 Å². The van der Waals surface area contributed by atoms with Gasteiger partial charge in [-0.1, -0.05) is 34.5 Å². The maximum Gasteiger partial charge on any atom is 0.251 e. The molecule has 0 atom stereocenters. The van der Waals surface area contributed by atoms with Crippen LogP contribution < -0.4 is 5.32 Å². The van der Waals surface area contributed by atoms with Gasteiger partial charge in [0.05, 0.1) is 6.54 Å². The lowest BCUT2D eigenvalue weighted by atomic mass is 9.96. The third-order valence-corrected chi connectivity index (χ3v) is 5.71. The van der Waals surface area contributed by atoms with Gasteiger partial charge in [-0.2, -0.15) is 4.98 Å². The molecule has 0 bridgehead atoms. The van der Waals surface area contributed by atoms with Gasteiger partial charge < -0.3 is 14.7 Å². The molecule has 1 aliphatic heterocycles. The number of likely N-dealkylation sites (tertiary alicyclic amines) is 1. The van der Waals surface area contributed by atoms with Crippen LogP contribution in [0.15, 0.2) is 53.1 Å². The Morgan fingerprint density at radius 1 is 1.10 bits per heavy atom. The largest absolute Gasteiger partial charge is 0.343 e. The lowest BCUT2D eigenvalue weighted by molar-refractivity contribution is -0.131. The normalized spacial score (nSPS) is 14.5. The molecule has 2 heterocycles. The number of amides is 2. The van der Waals surface area contributed by atoms with Gasteiger partial charge in [0.2, 0.25) is 17.6 Å². The van der Waals surface area contributed by atoms with Crippen molar-refractivity contribution in [2.45, 2.75) is 25.7 Å². The second-order valence-corrected chi connectivity index (χ2v) is 8.10. The summed E-state index contributed by atoms with van der Waals surface area (Å²) >= 11 is 5.92. The van der Waals surface area contributed by atoms with E-state index >= 15 is 0 Å². The van der Waals surface area contributed by atoms with Crippen LogP contribution in [0.5, 0.6) is 0 Å². The Bertz CT molecular complexity index is 1060. The van der Waals surface area contributed by atoms with Gasteiger partial charge in [-0.05, 0) is 56.2 Å². The Hall–Kier alpha value is -3.19. The fraction of sp³-hybridized carbons (Fsp3) is 0.304. The number of piperidine rings is 1. The van der Waals surface area contributed by atoms with Crippen LogP contribution >= 0.6 is 11.6 Å². The number of carbonyl (C=O) groups is 2. The van der Waals surface area contributed by atoms with E-state index in [1.165, 1.54) is 0 Å². The van der Waals surface area contributed by atoms with Crippen molar-refractivity contribution in [2.75, 3.05) is 19.6 Å². The number of nitrogens with zero attached hydrogens (tertiary/aromatic N) is 3. The Balaban J connectivity index is 1.27. The molecule has 31 heavy (non-hydrogen) atoms. The van der Waals surface area contributed by atoms with E-state index < -0.39 is 0 Å². The van der Waals surface area contributed by atoms with E-state index in [9.17, 15) is 9.59 Å². The highest BCUT2D eigenvalue weighted by molar-refractivity contribution is 6.30. The summed E-state index contributed by atoms with van der Waals surface area (Å²) in [5.41, 5.74) is 2.47. The molecule has 4 rings (SSSR count). The van der Waals surface area contributed by atoms with Crippen LogP contribution in [0.4, 0.5) is 0 Å². The fourth-order valence-corrected chi connectivity index (χ4v) is 3.69. The van der Waals surface area contributed by atoms with E-state index in [-0.39, 0.29) is 24.3 Å². The third kappa shape index (κ3) is 5.11. The summed E-state index contributed by atoms with van der Waals surface area (Å²) in [6, 6.07) is 14.5. The van der Waals surface area contributed by atoms with Crippen molar-refractivity contribution in [1.82, 2.24) is 20.4 Å². The zero-order valence-electron chi connectivity index (χ0n) is 17.2. The Labute approximate surface area is 185 Å². The molecule has 8 heteroatoms. The maximum atomic E-state index is 12.5. The van der Waals surface area contributed by atoms with Crippen molar-refractivity contribution in [1.29, 1.82) is 0 Å². The van der Waals surface area contributed by atoms with Gasteiger partial charge in [0, 0.05) is 35.2 Å². The Morgan fingerprint density at radius 2 is 1.77 bits per heavy atom. The molecule has 0 unspecified atom stereocenters. The van der Waals surface area contributed by atoms with E-state index in [2.05, 4.69) is 15.5 Å². The number of rotatable bonds is 5. The topological polar surface area (TPSA) is 88.3 Å². The smallest absolute Gasteiger partial charge is 0.251 e. The van der Waals surface area contributed by atoms with Gasteiger partial charge in [0.1, 0.15) is 0 Å². The molecule has 1 aromatic heterocycles. The third-order valence-electron chi connectivity index (χ3n) is 5.45. The number of carbonyl (C=O) groups excluding carboxylic acids is 2. The minimum atomic E-state index is -0.246. The molecular weight excluding hydrogens is 416 g/mol. The molecule has 0 spiro atoms. The minimum Gasteiger partial charge on any atom is -0.343 e. The molecular formula is C23H23ClN4O3. The van der Waals surface area contributed by atoms with Crippen molar-refractivity contribution in [3.8, 4) is 11.4 Å². The van der Waals surface area contributed by atoms with Crippen LogP contribution in [0.3, 0.4) is 0 Å². The SMILES string of the molecule is Cc1ccc(C(=O)NCC(=O)N2CCC(c3nc(-c4ccc(Cl)cc4)no3)CC2)cc1. The van der Waals surface area contributed by atoms with Gasteiger partial charge >= 0.3 is 0 Å². The number of halogens is 1. The zero-order valence-corrected chi connectivity index (χ0v) is 17.9. The van der Waals surface area contributed by atoms with Gasteiger partial charge in [-0.3, -0.25) is 9.59 Å². The first kappa shape index (κ1) is 21.1. The van der Waals surface area contributed by atoms with E-state index in [0.717, 1.165) is 24.0 Å². The standard InChI is InChI=1S/C23H23ClN4O3/c1-15-2-4-17(5-3-15)22(30)25-14-20(29)28-12-10-18(11-13-28)23-26-21(27-31-23)16-6-8-19(24)9-7-16/h2-9,18H,10-14H2,1H3,(H,25,30). The molecule has 3 aromatic rings. The lowest BCUT2D eigenvalue weighted by Crippen LogP contribution is -2.43. The van der Waals surface area contributed by atoms with Crippen molar-refractivity contribution < 1.29 is 14.1 Å². The van der Waals surface area contributed by atoms with Crippen LogP contribution in [-0.4, -0.2) is 46.5 Å². The average Bonchev–Trinajstić information content (AvgIpc) is 3.28. The molecule has 0 radical (unpaired) electrons. The second kappa shape index (κ2) is 9.31. The summed E-state index contributed by atoms with van der Waals surface area (Å²) in [5, 5.41) is 7.43. The van der Waals surface area contributed by atoms with Crippen LogP contribution in [0.1, 0.15) is 40.6 Å². The minimum absolute atomic E-state index is 0.0152. The predicted molar refractivity (Wildman–Crippen MR) is 117 cm³/mol. The molecule has 1 saturated heterocycles. The first-order chi connectivity index (χ1) is 15.0. The molecule has 0 saturated carbocycles. The quantitative estimate of drug-likeness (QED) is 0.653. The molecule has 160 valence electrons. The number of aryl methyl sites for hydroxylation is 1. The van der Waals surface area contributed by atoms with E-state index in [1.807, 2.05) is 31.2 Å². The van der Waals surface area contributed by atoms with Crippen molar-refractivity contribution in [3.63, 3.8) is 0 Å². The van der Waals surface area contributed by atoms with E-state index in [1.54, 1.807) is 29.2 Å². The first-order valence-electron chi connectivity index (χ1n) is 10.2. The van der Waals surface area contributed by atoms with Crippen LogP contribution in [-0.2, 0) is 4.79 Å². The molecule has 0 aliphatic carbocycles. The molecule has 1 fully saturated rings. The van der Waals surface area contributed by atoms with Crippen molar-refractivity contribution in [2.24, 2.45) is 0 Å². The maximum absolute atomic E-state index is 12.5. The molecule has 2 aromatic carbocycles. The predicted octanol–water partition coefficient (Wildman–Crippen LogP) is 3.83. The Kier molecular flexibility index (Phi) is 6.32. The fourth-order valence-electron chi connectivity index (χ4n) is 3.57. The molecule has 7 nitrogen and oxygen atoms in total. The highest BCUT2D eigenvalue weighted by Gasteiger charge is 2.27.